The van der Waals surface area contributed by atoms with Crippen LogP contribution in [-0.2, 0) is 9.63 Å². The van der Waals surface area contributed by atoms with Crippen molar-refractivity contribution in [1.29, 1.82) is 0 Å². The van der Waals surface area contributed by atoms with E-state index < -0.39 is 0 Å². The van der Waals surface area contributed by atoms with Crippen molar-refractivity contribution in [3.8, 4) is 17.2 Å². The average molecular weight is 372 g/mol. The lowest BCUT2D eigenvalue weighted by Gasteiger charge is -2.08. The summed E-state index contributed by atoms with van der Waals surface area (Å²) in [5.74, 6) is 1.79. The SMILES string of the molecule is COc1ccc(OC)c(/C=N/OCC(=O)NCCOc2cccc(C)c2)c1. The van der Waals surface area contributed by atoms with Gasteiger partial charge in [0.2, 0.25) is 0 Å². The number of hydrogen-bond acceptors (Lipinski definition) is 6. The smallest absolute Gasteiger partial charge is 0.260 e. The number of ether oxygens (including phenoxy) is 3. The van der Waals surface area contributed by atoms with Crippen LogP contribution in [0, 0.1) is 6.92 Å². The monoisotopic (exact) mass is 372 g/mol. The molecule has 0 unspecified atom stereocenters. The molecule has 0 bridgehead atoms. The molecule has 0 heterocycles. The molecule has 2 rings (SSSR count). The zero-order valence-electron chi connectivity index (χ0n) is 15.7. The minimum atomic E-state index is -0.280. The standard InChI is InChI=1S/C20H24N2O5/c1-15-5-4-6-18(11-15)26-10-9-21-20(23)14-27-22-13-16-12-17(24-2)7-8-19(16)25-3/h4-8,11-13H,9-10,14H2,1-3H3,(H,21,23)/b22-13+. The maximum atomic E-state index is 11.7. The lowest BCUT2D eigenvalue weighted by atomic mass is 10.2. The topological polar surface area (TPSA) is 78.4 Å². The van der Waals surface area contributed by atoms with E-state index in [0.717, 1.165) is 11.3 Å². The van der Waals surface area contributed by atoms with E-state index in [1.54, 1.807) is 32.4 Å². The van der Waals surface area contributed by atoms with Crippen molar-refractivity contribution in [2.75, 3.05) is 34.0 Å². The Bertz CT molecular complexity index is 777. The summed E-state index contributed by atoms with van der Waals surface area (Å²) in [7, 11) is 3.14. The van der Waals surface area contributed by atoms with Crippen LogP contribution < -0.4 is 19.5 Å². The van der Waals surface area contributed by atoms with E-state index in [1.165, 1.54) is 6.21 Å². The number of amides is 1. The summed E-state index contributed by atoms with van der Waals surface area (Å²) in [5.41, 5.74) is 1.80. The molecule has 27 heavy (non-hydrogen) atoms. The van der Waals surface area contributed by atoms with E-state index in [4.69, 9.17) is 19.0 Å². The summed E-state index contributed by atoms with van der Waals surface area (Å²) >= 11 is 0. The van der Waals surface area contributed by atoms with E-state index in [1.807, 2.05) is 31.2 Å². The summed E-state index contributed by atoms with van der Waals surface area (Å²) in [5, 5.41) is 6.50. The molecular weight excluding hydrogens is 348 g/mol. The first-order valence-electron chi connectivity index (χ1n) is 8.46. The molecule has 0 fully saturated rings. The molecule has 0 aromatic heterocycles. The Morgan fingerprint density at radius 2 is 1.96 bits per heavy atom. The van der Waals surface area contributed by atoms with Crippen molar-refractivity contribution < 1.29 is 23.8 Å². The number of aryl methyl sites for hydroxylation is 1. The molecule has 0 saturated heterocycles. The van der Waals surface area contributed by atoms with Crippen LogP contribution in [0.2, 0.25) is 0 Å². The molecule has 2 aromatic carbocycles. The number of benzene rings is 2. The first kappa shape index (κ1) is 20.1. The highest BCUT2D eigenvalue weighted by Crippen LogP contribution is 2.22. The Hall–Kier alpha value is -3.22. The molecule has 1 N–H and O–H groups in total. The Morgan fingerprint density at radius 3 is 2.70 bits per heavy atom. The van der Waals surface area contributed by atoms with Gasteiger partial charge in [-0.2, -0.15) is 0 Å². The second kappa shape index (κ2) is 10.7. The van der Waals surface area contributed by atoms with Crippen molar-refractivity contribution in [3.63, 3.8) is 0 Å². The van der Waals surface area contributed by atoms with Crippen molar-refractivity contribution in [3.05, 3.63) is 53.6 Å². The fourth-order valence-corrected chi connectivity index (χ4v) is 2.25. The average Bonchev–Trinajstić information content (AvgIpc) is 2.68. The van der Waals surface area contributed by atoms with Gasteiger partial charge in [0.05, 0.1) is 27.0 Å². The Kier molecular flexibility index (Phi) is 7.96. The van der Waals surface area contributed by atoms with Crippen molar-refractivity contribution in [1.82, 2.24) is 5.32 Å². The highest BCUT2D eigenvalue weighted by molar-refractivity contribution is 5.84. The minimum Gasteiger partial charge on any atom is -0.497 e. The Labute approximate surface area is 158 Å². The van der Waals surface area contributed by atoms with Crippen molar-refractivity contribution in [2.45, 2.75) is 6.92 Å². The first-order valence-corrected chi connectivity index (χ1v) is 8.46. The second-order valence-corrected chi connectivity index (χ2v) is 5.63. The van der Waals surface area contributed by atoms with E-state index >= 15 is 0 Å². The number of nitrogens with one attached hydrogen (secondary N) is 1. The number of carbonyl (C=O) groups excluding carboxylic acids is 1. The van der Waals surface area contributed by atoms with Gasteiger partial charge in [-0.25, -0.2) is 0 Å². The third-order valence-corrected chi connectivity index (χ3v) is 3.58. The summed E-state index contributed by atoms with van der Waals surface area (Å²) in [6.45, 7) is 2.56. The normalized spacial score (nSPS) is 10.5. The highest BCUT2D eigenvalue weighted by Gasteiger charge is 2.04. The molecule has 1 amide bonds. The van der Waals surface area contributed by atoms with E-state index in [-0.39, 0.29) is 12.5 Å². The van der Waals surface area contributed by atoms with Crippen LogP contribution in [0.25, 0.3) is 0 Å². The number of oxime groups is 1. The lowest BCUT2D eigenvalue weighted by molar-refractivity contribution is -0.125. The molecule has 7 heteroatoms. The third-order valence-electron chi connectivity index (χ3n) is 3.58. The van der Waals surface area contributed by atoms with Gasteiger partial charge in [-0.1, -0.05) is 17.3 Å². The van der Waals surface area contributed by atoms with Gasteiger partial charge < -0.3 is 24.4 Å². The van der Waals surface area contributed by atoms with Crippen LogP contribution in [0.3, 0.4) is 0 Å². The van der Waals surface area contributed by atoms with Crippen molar-refractivity contribution >= 4 is 12.1 Å². The van der Waals surface area contributed by atoms with Crippen LogP contribution in [0.15, 0.2) is 47.6 Å². The lowest BCUT2D eigenvalue weighted by Crippen LogP contribution is -2.30. The van der Waals surface area contributed by atoms with E-state index in [0.29, 0.717) is 30.2 Å². The summed E-state index contributed by atoms with van der Waals surface area (Å²) in [6.07, 6.45) is 1.47. The summed E-state index contributed by atoms with van der Waals surface area (Å²) in [4.78, 5) is 16.8. The number of rotatable bonds is 10. The number of nitrogens with zero attached hydrogens (tertiary/aromatic N) is 1. The summed E-state index contributed by atoms with van der Waals surface area (Å²) in [6, 6.07) is 13.0. The van der Waals surface area contributed by atoms with Crippen LogP contribution in [-0.4, -0.2) is 46.1 Å². The molecule has 144 valence electrons. The molecule has 0 saturated carbocycles. The van der Waals surface area contributed by atoms with Crippen LogP contribution >= 0.6 is 0 Å². The largest absolute Gasteiger partial charge is 0.497 e. The summed E-state index contributed by atoms with van der Waals surface area (Å²) < 4.78 is 16.0. The predicted molar refractivity (Wildman–Crippen MR) is 103 cm³/mol. The minimum absolute atomic E-state index is 0.187. The van der Waals surface area contributed by atoms with Gasteiger partial charge >= 0.3 is 0 Å². The molecule has 0 atom stereocenters. The quantitative estimate of drug-likeness (QED) is 0.394. The van der Waals surface area contributed by atoms with Crippen LogP contribution in [0.5, 0.6) is 17.2 Å². The molecule has 0 spiro atoms. The zero-order chi connectivity index (χ0) is 19.5. The highest BCUT2D eigenvalue weighted by atomic mass is 16.6. The van der Waals surface area contributed by atoms with Crippen LogP contribution in [0.1, 0.15) is 11.1 Å². The Morgan fingerprint density at radius 1 is 1.11 bits per heavy atom. The number of hydrogen-bond donors (Lipinski definition) is 1. The first-order chi connectivity index (χ1) is 13.1. The second-order valence-electron chi connectivity index (χ2n) is 5.63. The Balaban J connectivity index is 1.69. The molecule has 0 aliphatic rings. The van der Waals surface area contributed by atoms with E-state index in [9.17, 15) is 4.79 Å². The zero-order valence-corrected chi connectivity index (χ0v) is 15.7. The molecule has 0 radical (unpaired) electrons. The molecule has 0 aliphatic heterocycles. The third kappa shape index (κ3) is 6.89. The predicted octanol–water partition coefficient (Wildman–Crippen LogP) is 2.56. The fourth-order valence-electron chi connectivity index (χ4n) is 2.25. The van der Waals surface area contributed by atoms with Crippen molar-refractivity contribution in [2.24, 2.45) is 5.16 Å². The van der Waals surface area contributed by atoms with Gasteiger partial charge in [-0.3, -0.25) is 4.79 Å². The van der Waals surface area contributed by atoms with Gasteiger partial charge in [0.15, 0.2) is 6.61 Å². The van der Waals surface area contributed by atoms with Gasteiger partial charge in [0.1, 0.15) is 23.9 Å². The number of carbonyl (C=O) groups is 1. The molecule has 7 nitrogen and oxygen atoms in total. The van der Waals surface area contributed by atoms with Gasteiger partial charge in [-0.05, 0) is 42.8 Å². The maximum Gasteiger partial charge on any atom is 0.260 e. The van der Waals surface area contributed by atoms with E-state index in [2.05, 4.69) is 10.5 Å². The van der Waals surface area contributed by atoms with Gasteiger partial charge in [0.25, 0.3) is 5.91 Å². The molecular formula is C20H24N2O5. The molecule has 0 aliphatic carbocycles. The number of methoxy groups -OCH3 is 2. The van der Waals surface area contributed by atoms with Gasteiger partial charge in [0, 0.05) is 5.56 Å². The molecule has 2 aromatic rings. The fraction of sp³-hybridized carbons (Fsp3) is 0.300. The maximum absolute atomic E-state index is 11.7. The van der Waals surface area contributed by atoms with Gasteiger partial charge in [-0.15, -0.1) is 0 Å². The van der Waals surface area contributed by atoms with Crippen LogP contribution in [0.4, 0.5) is 0 Å².